The topological polar surface area (TPSA) is 23.2 Å². The van der Waals surface area contributed by atoms with Crippen molar-refractivity contribution in [3.05, 3.63) is 54.3 Å². The van der Waals surface area contributed by atoms with Crippen LogP contribution in [-0.4, -0.2) is 21.9 Å². The summed E-state index contributed by atoms with van der Waals surface area (Å²) in [7, 11) is 0. The fourth-order valence-corrected chi connectivity index (χ4v) is 2.84. The normalized spacial score (nSPS) is 13.9. The van der Waals surface area contributed by atoms with Crippen molar-refractivity contribution in [2.45, 2.75) is 19.8 Å². The van der Waals surface area contributed by atoms with Gasteiger partial charge in [0.15, 0.2) is 0 Å². The number of hydrogen-bond donors (Lipinski definition) is 1. The van der Waals surface area contributed by atoms with Crippen LogP contribution in [-0.2, 0) is 0 Å². The van der Waals surface area contributed by atoms with Gasteiger partial charge in [-0.3, -0.25) is 0 Å². The molecule has 0 atom stereocenters. The summed E-state index contributed by atoms with van der Waals surface area (Å²) in [6.45, 7) is 3.19. The van der Waals surface area contributed by atoms with E-state index in [1.807, 2.05) is 0 Å². The van der Waals surface area contributed by atoms with Crippen LogP contribution < -0.4 is 0 Å². The molecule has 3 rings (SSSR count). The molecular weight excluding hydrogens is 234 g/mol. The molecule has 2 nitrogen and oxygen atoms in total. The Hall–Kier alpha value is -2.09. The number of allylic oxidation sites excluding steroid dienone is 1. The molecule has 1 heterocycles. The van der Waals surface area contributed by atoms with Gasteiger partial charge in [0.05, 0.1) is 17.2 Å². The molecule has 0 unspecified atom stereocenters. The van der Waals surface area contributed by atoms with Gasteiger partial charge in [-0.25, -0.2) is 0 Å². The van der Waals surface area contributed by atoms with E-state index < -0.39 is 0 Å². The van der Waals surface area contributed by atoms with Crippen molar-refractivity contribution in [3.63, 3.8) is 0 Å². The Morgan fingerprint density at radius 1 is 1.16 bits per heavy atom. The van der Waals surface area contributed by atoms with Crippen molar-refractivity contribution in [1.82, 2.24) is 0 Å². The van der Waals surface area contributed by atoms with Crippen LogP contribution in [0.3, 0.4) is 0 Å². The first-order valence-corrected chi connectivity index (χ1v) is 6.84. The molecule has 2 aromatic rings. The minimum absolute atomic E-state index is 0.990. The predicted molar refractivity (Wildman–Crippen MR) is 79.5 cm³/mol. The second kappa shape index (κ2) is 4.88. The lowest BCUT2D eigenvalue weighted by Gasteiger charge is -2.00. The fourth-order valence-electron chi connectivity index (χ4n) is 2.84. The van der Waals surface area contributed by atoms with Gasteiger partial charge in [-0.2, -0.15) is 4.58 Å². The maximum atomic E-state index is 9.18. The van der Waals surface area contributed by atoms with Crippen molar-refractivity contribution in [1.29, 1.82) is 0 Å². The van der Waals surface area contributed by atoms with E-state index in [0.717, 1.165) is 24.9 Å². The van der Waals surface area contributed by atoms with Crippen LogP contribution in [0.15, 0.2) is 48.7 Å². The van der Waals surface area contributed by atoms with Crippen LogP contribution in [0.25, 0.3) is 10.8 Å². The summed E-state index contributed by atoms with van der Waals surface area (Å²) in [5, 5.41) is 11.7. The Kier molecular flexibility index (Phi) is 3.08. The van der Waals surface area contributed by atoms with Crippen LogP contribution in [0.5, 0.6) is 0 Å². The maximum absolute atomic E-state index is 9.18. The molecule has 96 valence electrons. The standard InChI is InChI=1S/C17H17NO/c1-2-3-11-18-15(10-12-19)14-8-4-6-13-7-5-9-16(18)17(13)14/h4-10,12H,2-3,11H2,1H3/p+1. The Morgan fingerprint density at radius 2 is 1.95 bits per heavy atom. The molecule has 0 saturated heterocycles. The van der Waals surface area contributed by atoms with Gasteiger partial charge in [0, 0.05) is 18.6 Å². The van der Waals surface area contributed by atoms with Crippen LogP contribution in [0.4, 0.5) is 5.69 Å². The third-order valence-electron chi connectivity index (χ3n) is 3.71. The Labute approximate surface area is 113 Å². The van der Waals surface area contributed by atoms with Gasteiger partial charge >= 0.3 is 0 Å². The zero-order chi connectivity index (χ0) is 13.2. The first kappa shape index (κ1) is 12.0. The molecule has 2 heteroatoms. The number of aliphatic hydroxyl groups is 1. The monoisotopic (exact) mass is 252 g/mol. The van der Waals surface area contributed by atoms with Crippen molar-refractivity contribution >= 4 is 22.2 Å². The smallest absolute Gasteiger partial charge is 0.216 e. The van der Waals surface area contributed by atoms with E-state index in [1.165, 1.54) is 28.4 Å². The van der Waals surface area contributed by atoms with E-state index >= 15 is 0 Å². The summed E-state index contributed by atoms with van der Waals surface area (Å²) in [6, 6.07) is 12.8. The molecule has 0 fully saturated rings. The number of rotatable bonds is 4. The molecule has 0 saturated carbocycles. The lowest BCUT2D eigenvalue weighted by atomic mass is 10.0. The Balaban J connectivity index is 2.25. The van der Waals surface area contributed by atoms with Gasteiger partial charge in [0.1, 0.15) is 6.54 Å². The molecule has 0 radical (unpaired) electrons. The average molecular weight is 252 g/mol. The number of nitrogens with zero attached hydrogens (tertiary/aromatic N) is 1. The first-order valence-electron chi connectivity index (χ1n) is 6.84. The zero-order valence-electron chi connectivity index (χ0n) is 11.1. The van der Waals surface area contributed by atoms with Gasteiger partial charge in [0.25, 0.3) is 0 Å². The highest BCUT2D eigenvalue weighted by Crippen LogP contribution is 2.35. The quantitative estimate of drug-likeness (QED) is 0.641. The van der Waals surface area contributed by atoms with Crippen LogP contribution in [0.1, 0.15) is 25.3 Å². The lowest BCUT2D eigenvalue weighted by Crippen LogP contribution is -2.13. The van der Waals surface area contributed by atoms with Crippen LogP contribution >= 0.6 is 0 Å². The van der Waals surface area contributed by atoms with Gasteiger partial charge in [-0.15, -0.1) is 0 Å². The largest absolute Gasteiger partial charge is 0.515 e. The lowest BCUT2D eigenvalue weighted by molar-refractivity contribution is -0.436. The molecule has 1 aliphatic heterocycles. The minimum atomic E-state index is 0.990. The predicted octanol–water partition coefficient (Wildman–Crippen LogP) is 4.16. The molecule has 0 aromatic heterocycles. The molecule has 19 heavy (non-hydrogen) atoms. The molecular formula is C17H18NO+. The zero-order valence-corrected chi connectivity index (χ0v) is 11.1. The van der Waals surface area contributed by atoms with E-state index in [2.05, 4.69) is 47.9 Å². The second-order valence-electron chi connectivity index (χ2n) is 4.89. The average Bonchev–Trinajstić information content (AvgIpc) is 2.74. The molecule has 1 N–H and O–H groups in total. The summed E-state index contributed by atoms with van der Waals surface area (Å²) >= 11 is 0. The Morgan fingerprint density at radius 3 is 2.68 bits per heavy atom. The first-order chi connectivity index (χ1) is 9.36. The molecule has 0 spiro atoms. The van der Waals surface area contributed by atoms with Crippen LogP contribution in [0.2, 0.25) is 0 Å². The SMILES string of the molecule is CCCC[N+]1=C(/C=C/O)c2cccc3cccc1c23. The highest BCUT2D eigenvalue weighted by atomic mass is 16.2. The summed E-state index contributed by atoms with van der Waals surface area (Å²) < 4.78 is 2.31. The van der Waals surface area contributed by atoms with Crippen molar-refractivity contribution in [3.8, 4) is 0 Å². The van der Waals surface area contributed by atoms with E-state index in [1.54, 1.807) is 6.08 Å². The van der Waals surface area contributed by atoms with Crippen LogP contribution in [0, 0.1) is 0 Å². The Bertz CT molecular complexity index is 677. The van der Waals surface area contributed by atoms with Crippen molar-refractivity contribution < 1.29 is 9.68 Å². The molecule has 0 bridgehead atoms. The van der Waals surface area contributed by atoms with Gasteiger partial charge in [-0.05, 0) is 11.5 Å². The summed E-state index contributed by atoms with van der Waals surface area (Å²) in [5.41, 5.74) is 3.58. The number of benzene rings is 2. The second-order valence-corrected chi connectivity index (χ2v) is 4.89. The summed E-state index contributed by atoms with van der Waals surface area (Å²) in [5.74, 6) is 0. The third kappa shape index (κ3) is 1.84. The highest BCUT2D eigenvalue weighted by molar-refractivity contribution is 6.19. The molecule has 0 aliphatic carbocycles. The molecule has 0 amide bonds. The van der Waals surface area contributed by atoms with Crippen molar-refractivity contribution in [2.75, 3.05) is 6.54 Å². The molecule has 2 aromatic carbocycles. The van der Waals surface area contributed by atoms with E-state index in [-0.39, 0.29) is 0 Å². The minimum Gasteiger partial charge on any atom is -0.515 e. The summed E-state index contributed by atoms with van der Waals surface area (Å²) in [4.78, 5) is 0. The maximum Gasteiger partial charge on any atom is 0.216 e. The number of hydrogen-bond acceptors (Lipinski definition) is 1. The van der Waals surface area contributed by atoms with Gasteiger partial charge in [0.2, 0.25) is 11.4 Å². The fraction of sp³-hybridized carbons (Fsp3) is 0.235. The third-order valence-corrected chi connectivity index (χ3v) is 3.71. The van der Waals surface area contributed by atoms with E-state index in [4.69, 9.17) is 0 Å². The van der Waals surface area contributed by atoms with Crippen molar-refractivity contribution in [2.24, 2.45) is 0 Å². The van der Waals surface area contributed by atoms with Gasteiger partial charge < -0.3 is 5.11 Å². The van der Waals surface area contributed by atoms with E-state index in [9.17, 15) is 5.11 Å². The summed E-state index contributed by atoms with van der Waals surface area (Å²) in [6.07, 6.45) is 5.25. The van der Waals surface area contributed by atoms with E-state index in [0.29, 0.717) is 0 Å². The molecule has 1 aliphatic rings. The number of unbranched alkanes of at least 4 members (excludes halogenated alkanes) is 1. The van der Waals surface area contributed by atoms with Gasteiger partial charge in [-0.1, -0.05) is 37.6 Å². The highest BCUT2D eigenvalue weighted by Gasteiger charge is 2.29. The number of aliphatic hydroxyl groups excluding tert-OH is 1.